The third kappa shape index (κ3) is 7.75. The van der Waals surface area contributed by atoms with Crippen molar-refractivity contribution in [3.05, 3.63) is 40.2 Å². The predicted octanol–water partition coefficient (Wildman–Crippen LogP) is -0.484. The summed E-state index contributed by atoms with van der Waals surface area (Å²) in [5, 5.41) is 26.6. The molecule has 1 amide bonds. The first-order chi connectivity index (χ1) is 15.7. The number of hydrogen-bond donors (Lipinski definition) is 7. The van der Waals surface area contributed by atoms with Gasteiger partial charge < -0.3 is 36.8 Å². The molecule has 1 aliphatic rings. The van der Waals surface area contributed by atoms with E-state index in [-0.39, 0.29) is 77.9 Å². The summed E-state index contributed by atoms with van der Waals surface area (Å²) in [5.74, 6) is -2.59. The van der Waals surface area contributed by atoms with Crippen LogP contribution < -0.4 is 32.1 Å². The van der Waals surface area contributed by atoms with Gasteiger partial charge >= 0.3 is 41.5 Å². The Balaban J connectivity index is 0.00000306. The monoisotopic (exact) mass is 519 g/mol. The van der Waals surface area contributed by atoms with Crippen LogP contribution >= 0.6 is 12.4 Å². The van der Waals surface area contributed by atoms with Gasteiger partial charge in [0.2, 0.25) is 5.95 Å². The second kappa shape index (κ2) is 13.2. The molecular weight excluding hydrogens is 493 g/mol. The number of aromatic nitrogens is 2. The number of nitrogen functional groups attached to an aromatic ring is 1. The topological polar surface area (TPSA) is 203 Å². The first-order valence-electron chi connectivity index (χ1n) is 10.1. The van der Waals surface area contributed by atoms with E-state index in [1.807, 2.05) is 4.90 Å². The van der Waals surface area contributed by atoms with Gasteiger partial charge in [-0.05, 0) is 30.7 Å². The molecule has 186 valence electrons. The molecule has 1 aromatic heterocycles. The van der Waals surface area contributed by atoms with Gasteiger partial charge in [0.1, 0.15) is 11.7 Å². The zero-order valence-electron chi connectivity index (χ0n) is 18.2. The van der Waals surface area contributed by atoms with Crippen molar-refractivity contribution in [2.75, 3.05) is 41.4 Å². The first kappa shape index (κ1) is 30.0. The Labute approximate surface area is 228 Å². The molecule has 0 saturated heterocycles. The normalized spacial score (nSPS) is 14.8. The number of likely N-dealkylation sites (N-methyl/N-ethyl adjacent to an activating group) is 1. The number of aromatic amines is 1. The number of H-pyrrole nitrogens is 1. The van der Waals surface area contributed by atoms with Crippen molar-refractivity contribution in [3.63, 3.8) is 0 Å². The van der Waals surface area contributed by atoms with Gasteiger partial charge in [-0.15, -0.1) is 12.4 Å². The van der Waals surface area contributed by atoms with E-state index in [0.717, 1.165) is 5.69 Å². The molecule has 0 radical (unpaired) electrons. The van der Waals surface area contributed by atoms with E-state index in [9.17, 15) is 24.3 Å². The van der Waals surface area contributed by atoms with E-state index in [1.54, 1.807) is 19.2 Å². The molecule has 13 nitrogen and oxygen atoms in total. The third-order valence-electron chi connectivity index (χ3n) is 5.26. The van der Waals surface area contributed by atoms with Gasteiger partial charge in [0.25, 0.3) is 11.5 Å². The number of nitrogens with two attached hydrogens (primary N) is 1. The number of nitrogens with zero attached hydrogens (tertiary/aromatic N) is 2. The molecule has 8 N–H and O–H groups in total. The van der Waals surface area contributed by atoms with Gasteiger partial charge in [0.05, 0.1) is 6.04 Å². The number of amides is 1. The summed E-state index contributed by atoms with van der Waals surface area (Å²) in [6.07, 6.45) is -0.586. The van der Waals surface area contributed by atoms with E-state index in [0.29, 0.717) is 24.6 Å². The van der Waals surface area contributed by atoms with Gasteiger partial charge in [-0.2, -0.15) is 4.98 Å². The van der Waals surface area contributed by atoms with Crippen molar-refractivity contribution >= 4 is 83.0 Å². The number of fused-ring (bicyclic) bond motifs is 1. The molecule has 3 rings (SSSR count). The van der Waals surface area contributed by atoms with Crippen molar-refractivity contribution < 1.29 is 24.6 Å². The molecule has 0 unspecified atom stereocenters. The molecule has 2 heterocycles. The summed E-state index contributed by atoms with van der Waals surface area (Å²) in [5.41, 5.74) is 6.59. The van der Waals surface area contributed by atoms with Crippen molar-refractivity contribution in [1.29, 1.82) is 0 Å². The van der Waals surface area contributed by atoms with Crippen LogP contribution in [-0.2, 0) is 9.59 Å². The molecule has 0 aliphatic carbocycles. The summed E-state index contributed by atoms with van der Waals surface area (Å²) in [7, 11) is 1.79. The fourth-order valence-electron chi connectivity index (χ4n) is 3.42. The number of anilines is 4. The zero-order chi connectivity index (χ0) is 24.1. The predicted molar refractivity (Wildman–Crippen MR) is 135 cm³/mol. The Morgan fingerprint density at radius 1 is 1.26 bits per heavy atom. The standard InChI is InChI=1S/C20H25N7O6.ClH.Na.H/c1-27-12(9-23-16-15(27)18(31)26-20(21)25-16)8-22-11-4-2-10(3-5-11)17(30)24-13(19(32)33)6-7-14(28)29;;;/h2-5,12-13,22H,6-9H2,1H3,(H,24,30)(H,28,29)(H,32,33)(H4,21,23,25,26,31);1H;;/t12-,13-;;;/m0.../s1. The van der Waals surface area contributed by atoms with Crippen molar-refractivity contribution in [2.45, 2.75) is 24.9 Å². The number of rotatable bonds is 9. The van der Waals surface area contributed by atoms with Gasteiger partial charge in [-0.25, -0.2) is 4.79 Å². The van der Waals surface area contributed by atoms with Gasteiger partial charge in [-0.1, -0.05) is 0 Å². The van der Waals surface area contributed by atoms with Crippen LogP contribution in [0.15, 0.2) is 29.1 Å². The van der Waals surface area contributed by atoms with E-state index >= 15 is 0 Å². The van der Waals surface area contributed by atoms with E-state index in [2.05, 4.69) is 25.9 Å². The number of carboxylic acids is 2. The minimum absolute atomic E-state index is 0. The van der Waals surface area contributed by atoms with Gasteiger partial charge in [0, 0.05) is 37.8 Å². The van der Waals surface area contributed by atoms with Crippen LogP contribution in [0.2, 0.25) is 0 Å². The second-order valence-electron chi connectivity index (χ2n) is 7.55. The molecule has 0 fully saturated rings. The maximum absolute atomic E-state index is 12.3. The number of benzene rings is 1. The number of carbonyl (C=O) groups is 3. The van der Waals surface area contributed by atoms with Gasteiger partial charge in [0.15, 0.2) is 5.82 Å². The van der Waals surface area contributed by atoms with Crippen LogP contribution in [-0.4, -0.2) is 99.8 Å². The fourth-order valence-corrected chi connectivity index (χ4v) is 3.42. The Kier molecular flexibility index (Phi) is 11.3. The third-order valence-corrected chi connectivity index (χ3v) is 5.26. The molecule has 2 atom stereocenters. The zero-order valence-corrected chi connectivity index (χ0v) is 19.0. The van der Waals surface area contributed by atoms with Crippen molar-refractivity contribution in [2.24, 2.45) is 0 Å². The minimum atomic E-state index is -1.30. The molecule has 0 spiro atoms. The first-order valence-corrected chi connectivity index (χ1v) is 10.1. The average molecular weight is 520 g/mol. The summed E-state index contributed by atoms with van der Waals surface area (Å²) in [6.45, 7) is 1.01. The molecule has 15 heteroatoms. The van der Waals surface area contributed by atoms with Crippen LogP contribution in [0.5, 0.6) is 0 Å². The van der Waals surface area contributed by atoms with Crippen LogP contribution in [0.1, 0.15) is 23.2 Å². The molecule has 2 aromatic rings. The second-order valence-corrected chi connectivity index (χ2v) is 7.55. The maximum atomic E-state index is 12.3. The molecule has 1 aliphatic heterocycles. The Hall–Kier alpha value is -3.00. The van der Waals surface area contributed by atoms with Crippen molar-refractivity contribution in [1.82, 2.24) is 15.3 Å². The summed E-state index contributed by atoms with van der Waals surface area (Å²) < 4.78 is 0. The van der Waals surface area contributed by atoms with Crippen LogP contribution in [0.3, 0.4) is 0 Å². The number of nitrogens with one attached hydrogen (secondary N) is 4. The molecule has 0 saturated carbocycles. The van der Waals surface area contributed by atoms with E-state index < -0.39 is 23.9 Å². The van der Waals surface area contributed by atoms with Crippen LogP contribution in [0.4, 0.5) is 23.1 Å². The van der Waals surface area contributed by atoms with Crippen LogP contribution in [0, 0.1) is 0 Å². The van der Waals surface area contributed by atoms with Crippen molar-refractivity contribution in [3.8, 4) is 0 Å². The number of aliphatic carboxylic acids is 2. The molecule has 1 aromatic carbocycles. The van der Waals surface area contributed by atoms with Gasteiger partial charge in [-0.3, -0.25) is 19.4 Å². The molecule has 0 bridgehead atoms. The summed E-state index contributed by atoms with van der Waals surface area (Å²) >= 11 is 0. The summed E-state index contributed by atoms with van der Waals surface area (Å²) in [6, 6.07) is 5.03. The number of carboxylic acid groups (broad SMARTS) is 2. The number of carbonyl (C=O) groups excluding carboxylic acids is 1. The number of hydrogen-bond acceptors (Lipinski definition) is 9. The quantitative estimate of drug-likeness (QED) is 0.211. The SMILES string of the molecule is CN1c2c(nc(N)[nH]c2=O)NC[C@@H]1CNc1ccc(C(=O)N[C@@H](CCC(=O)O)C(=O)O)cc1.Cl.[NaH]. The Morgan fingerprint density at radius 2 is 1.91 bits per heavy atom. The Morgan fingerprint density at radius 3 is 2.51 bits per heavy atom. The van der Waals surface area contributed by atoms with E-state index in [1.165, 1.54) is 12.1 Å². The molecular formula is C20H27ClN7NaO6. The van der Waals surface area contributed by atoms with E-state index in [4.69, 9.17) is 10.8 Å². The molecule has 35 heavy (non-hydrogen) atoms. The fraction of sp³-hybridized carbons (Fsp3) is 0.350. The van der Waals surface area contributed by atoms with Crippen LogP contribution in [0.25, 0.3) is 0 Å². The average Bonchev–Trinajstić information content (AvgIpc) is 2.75. The summed E-state index contributed by atoms with van der Waals surface area (Å²) in [4.78, 5) is 54.9. The number of halogens is 1. The Bertz CT molecular complexity index is 1110.